The molecule has 0 bridgehead atoms. The van der Waals surface area contributed by atoms with Crippen LogP contribution < -0.4 is 0 Å². The zero-order chi connectivity index (χ0) is 21.3. The topological polar surface area (TPSA) is 62.9 Å². The van der Waals surface area contributed by atoms with Crippen molar-refractivity contribution in [2.75, 3.05) is 26.2 Å². The molecule has 0 spiro atoms. The van der Waals surface area contributed by atoms with Crippen molar-refractivity contribution < 1.29 is 9.18 Å². The molecule has 0 radical (unpaired) electrons. The monoisotopic (exact) mass is 423 g/mol. The van der Waals surface area contributed by atoms with Crippen LogP contribution in [-0.4, -0.2) is 53.1 Å². The van der Waals surface area contributed by atoms with E-state index in [4.69, 9.17) is 11.6 Å². The molecule has 0 aromatic heterocycles. The molecule has 152 valence electrons. The van der Waals surface area contributed by atoms with Crippen molar-refractivity contribution in [1.29, 1.82) is 5.26 Å². The van der Waals surface area contributed by atoms with E-state index < -0.39 is 6.17 Å². The van der Waals surface area contributed by atoms with Gasteiger partial charge in [0.05, 0.1) is 5.69 Å². The van der Waals surface area contributed by atoms with Gasteiger partial charge >= 0.3 is 0 Å². The fourth-order valence-electron chi connectivity index (χ4n) is 3.89. The van der Waals surface area contributed by atoms with E-state index in [1.165, 1.54) is 23.4 Å². The lowest BCUT2D eigenvalue weighted by Gasteiger charge is -2.42. The number of amides is 1. The smallest absolute Gasteiger partial charge is 0.246 e. The Bertz CT molecular complexity index is 1070. The van der Waals surface area contributed by atoms with Crippen LogP contribution in [0.2, 0.25) is 5.02 Å². The van der Waals surface area contributed by atoms with Gasteiger partial charge in [0.15, 0.2) is 6.19 Å². The van der Waals surface area contributed by atoms with Crippen molar-refractivity contribution in [2.24, 2.45) is 4.99 Å². The zero-order valence-corrected chi connectivity index (χ0v) is 16.9. The third kappa shape index (κ3) is 3.56. The van der Waals surface area contributed by atoms with Gasteiger partial charge in [0.1, 0.15) is 18.3 Å². The second kappa shape index (κ2) is 8.27. The van der Waals surface area contributed by atoms with E-state index in [0.717, 1.165) is 5.56 Å². The Morgan fingerprint density at radius 2 is 1.97 bits per heavy atom. The third-order valence-electron chi connectivity index (χ3n) is 5.41. The number of carbonyl (C=O) groups excluding carboxylic acids is 1. The first-order valence-electron chi connectivity index (χ1n) is 9.49. The summed E-state index contributed by atoms with van der Waals surface area (Å²) in [6.07, 6.45) is 4.55. The number of carbonyl (C=O) groups is 1. The first-order chi connectivity index (χ1) is 14.5. The normalized spacial score (nSPS) is 18.6. The van der Waals surface area contributed by atoms with Crippen molar-refractivity contribution >= 4 is 29.5 Å². The van der Waals surface area contributed by atoms with Crippen LogP contribution in [0.4, 0.5) is 10.1 Å². The highest BCUT2D eigenvalue weighted by Crippen LogP contribution is 2.42. The number of hydrogen-bond donors (Lipinski definition) is 0. The van der Waals surface area contributed by atoms with Crippen LogP contribution in [0.1, 0.15) is 11.7 Å². The van der Waals surface area contributed by atoms with Crippen LogP contribution in [0.15, 0.2) is 54.0 Å². The summed E-state index contributed by atoms with van der Waals surface area (Å²) in [5.74, 6) is -0.465. The van der Waals surface area contributed by atoms with Crippen molar-refractivity contribution in [3.63, 3.8) is 0 Å². The standard InChI is InChI=1S/C22H19ClFN5O/c1-2-21(30)27-7-9-28(10-8-27)22-17-11-18(23)16(15-5-3-4-6-19(15)24)12-20(17)26-14-29(22)13-25/h2-6,11-12,14,22H,1,7-10H2. The summed E-state index contributed by atoms with van der Waals surface area (Å²) in [5, 5.41) is 10.0. The molecule has 1 amide bonds. The highest BCUT2D eigenvalue weighted by molar-refractivity contribution is 6.33. The quantitative estimate of drug-likeness (QED) is 0.554. The molecule has 30 heavy (non-hydrogen) atoms. The molecule has 2 aliphatic heterocycles. The van der Waals surface area contributed by atoms with E-state index in [2.05, 4.69) is 22.7 Å². The predicted molar refractivity (Wildman–Crippen MR) is 114 cm³/mol. The van der Waals surface area contributed by atoms with Gasteiger partial charge in [-0.05, 0) is 24.3 Å². The van der Waals surface area contributed by atoms with Gasteiger partial charge in [0.25, 0.3) is 0 Å². The van der Waals surface area contributed by atoms with Gasteiger partial charge < -0.3 is 4.90 Å². The first-order valence-corrected chi connectivity index (χ1v) is 9.87. The number of hydrogen-bond acceptors (Lipinski definition) is 5. The van der Waals surface area contributed by atoms with Crippen molar-refractivity contribution in [3.05, 3.63) is 65.5 Å². The maximum atomic E-state index is 14.3. The summed E-state index contributed by atoms with van der Waals surface area (Å²) in [4.78, 5) is 21.6. The van der Waals surface area contributed by atoms with Crippen LogP contribution in [-0.2, 0) is 4.79 Å². The number of benzene rings is 2. The lowest BCUT2D eigenvalue weighted by Crippen LogP contribution is -2.52. The minimum absolute atomic E-state index is 0.102. The lowest BCUT2D eigenvalue weighted by atomic mass is 9.98. The summed E-state index contributed by atoms with van der Waals surface area (Å²) in [6.45, 7) is 5.78. The van der Waals surface area contributed by atoms with E-state index in [0.29, 0.717) is 48.0 Å². The molecule has 1 fully saturated rings. The molecule has 2 aromatic rings. The average Bonchev–Trinajstić information content (AvgIpc) is 2.78. The van der Waals surface area contributed by atoms with E-state index in [-0.39, 0.29) is 11.7 Å². The molecule has 0 aliphatic carbocycles. The number of nitrogens with zero attached hydrogens (tertiary/aromatic N) is 5. The number of fused-ring (bicyclic) bond motifs is 1. The molecule has 2 aliphatic rings. The van der Waals surface area contributed by atoms with E-state index >= 15 is 0 Å². The van der Waals surface area contributed by atoms with E-state index in [1.54, 1.807) is 35.2 Å². The molecule has 2 heterocycles. The summed E-state index contributed by atoms with van der Waals surface area (Å²) >= 11 is 6.54. The minimum atomic E-state index is -0.393. The Kier molecular flexibility index (Phi) is 5.53. The molecule has 1 atom stereocenters. The first kappa shape index (κ1) is 20.1. The largest absolute Gasteiger partial charge is 0.337 e. The fourth-order valence-corrected chi connectivity index (χ4v) is 4.16. The maximum absolute atomic E-state index is 14.3. The Morgan fingerprint density at radius 1 is 1.23 bits per heavy atom. The predicted octanol–water partition coefficient (Wildman–Crippen LogP) is 3.93. The number of piperazine rings is 1. The second-order valence-electron chi connectivity index (χ2n) is 7.06. The van der Waals surface area contributed by atoms with Gasteiger partial charge in [-0.25, -0.2) is 14.3 Å². The molecule has 2 aromatic carbocycles. The summed E-state index contributed by atoms with van der Waals surface area (Å²) in [7, 11) is 0. The van der Waals surface area contributed by atoms with Gasteiger partial charge in [-0.1, -0.05) is 36.4 Å². The molecule has 1 unspecified atom stereocenters. The Labute approximate surface area is 179 Å². The van der Waals surface area contributed by atoms with Crippen LogP contribution >= 0.6 is 11.6 Å². The molecule has 6 nitrogen and oxygen atoms in total. The summed E-state index contributed by atoms with van der Waals surface area (Å²) in [6, 6.07) is 9.95. The Morgan fingerprint density at radius 3 is 2.63 bits per heavy atom. The third-order valence-corrected chi connectivity index (χ3v) is 5.72. The molecular weight excluding hydrogens is 405 g/mol. The van der Waals surface area contributed by atoms with Gasteiger partial charge in [-0.15, -0.1) is 0 Å². The number of aliphatic imine (C=N–C) groups is 1. The molecule has 4 rings (SSSR count). The van der Waals surface area contributed by atoms with Crippen LogP contribution in [0.5, 0.6) is 0 Å². The lowest BCUT2D eigenvalue weighted by molar-refractivity contribution is -0.128. The van der Waals surface area contributed by atoms with Gasteiger partial charge in [0.2, 0.25) is 5.91 Å². The zero-order valence-electron chi connectivity index (χ0n) is 16.1. The highest BCUT2D eigenvalue weighted by atomic mass is 35.5. The van der Waals surface area contributed by atoms with E-state index in [1.807, 2.05) is 0 Å². The average molecular weight is 424 g/mol. The molecular formula is C22H19ClFN5O. The second-order valence-corrected chi connectivity index (χ2v) is 7.47. The number of rotatable bonds is 3. The van der Waals surface area contributed by atoms with Crippen molar-refractivity contribution in [3.8, 4) is 17.3 Å². The molecule has 0 saturated carbocycles. The Balaban J connectivity index is 1.69. The highest BCUT2D eigenvalue weighted by Gasteiger charge is 2.34. The van der Waals surface area contributed by atoms with Crippen molar-refractivity contribution in [1.82, 2.24) is 14.7 Å². The Hall–Kier alpha value is -3.21. The molecule has 1 saturated heterocycles. The maximum Gasteiger partial charge on any atom is 0.246 e. The molecule has 0 N–H and O–H groups in total. The van der Waals surface area contributed by atoms with Gasteiger partial charge in [0, 0.05) is 47.9 Å². The van der Waals surface area contributed by atoms with Crippen LogP contribution in [0.25, 0.3) is 11.1 Å². The minimum Gasteiger partial charge on any atom is -0.337 e. The summed E-state index contributed by atoms with van der Waals surface area (Å²) < 4.78 is 14.3. The van der Waals surface area contributed by atoms with Crippen LogP contribution in [0.3, 0.4) is 0 Å². The van der Waals surface area contributed by atoms with Crippen LogP contribution in [0, 0.1) is 17.3 Å². The summed E-state index contributed by atoms with van der Waals surface area (Å²) in [5.41, 5.74) is 2.36. The SMILES string of the molecule is C=CC(=O)N1CCN(C2c3cc(Cl)c(-c4ccccc4F)cc3N=CN2C#N)CC1. The van der Waals surface area contributed by atoms with Gasteiger partial charge in [-0.2, -0.15) is 5.26 Å². The fraction of sp³-hybridized carbons (Fsp3) is 0.227. The van der Waals surface area contributed by atoms with Crippen molar-refractivity contribution in [2.45, 2.75) is 6.17 Å². The van der Waals surface area contributed by atoms with E-state index in [9.17, 15) is 14.4 Å². The molecule has 8 heteroatoms. The number of halogens is 2. The van der Waals surface area contributed by atoms with Gasteiger partial charge in [-0.3, -0.25) is 9.69 Å². The number of nitriles is 1.